The molecule has 0 fully saturated rings. The molecule has 0 amide bonds. The molecule has 12 rings (SSSR count). The van der Waals surface area contributed by atoms with Crippen molar-refractivity contribution in [3.8, 4) is 33.4 Å². The predicted molar refractivity (Wildman–Crippen MR) is 239 cm³/mol. The van der Waals surface area contributed by atoms with Crippen molar-refractivity contribution in [2.75, 3.05) is 0 Å². The molecule has 12 aromatic rings. The molecular weight excluding hydrogens is 689 g/mol. The molecule has 0 aliphatic rings. The molecule has 2 heteroatoms. The summed E-state index contributed by atoms with van der Waals surface area (Å²) in [6.45, 7) is 0. The molecule has 0 unspecified atom stereocenters. The van der Waals surface area contributed by atoms with Crippen LogP contribution in [-0.2, 0) is 0 Å². The summed E-state index contributed by atoms with van der Waals surface area (Å²) in [5.74, 6) is 0. The van der Waals surface area contributed by atoms with Gasteiger partial charge in [0.05, 0.1) is 9.40 Å². The molecule has 0 N–H and O–H groups in total. The fourth-order valence-corrected chi connectivity index (χ4v) is 11.8. The monoisotopic (exact) mass is 718 g/mol. The molecular formula is C52H30S2. The van der Waals surface area contributed by atoms with Crippen molar-refractivity contribution in [1.29, 1.82) is 0 Å². The lowest BCUT2D eigenvalue weighted by Gasteiger charge is -2.20. The minimum absolute atomic E-state index is 1.24. The Bertz CT molecular complexity index is 3430. The van der Waals surface area contributed by atoms with Crippen LogP contribution in [0.4, 0.5) is 0 Å². The second-order valence-electron chi connectivity index (χ2n) is 14.3. The van der Waals surface area contributed by atoms with Crippen molar-refractivity contribution in [2.45, 2.75) is 0 Å². The molecule has 0 atom stereocenters. The van der Waals surface area contributed by atoms with E-state index in [0.29, 0.717) is 0 Å². The molecule has 0 spiro atoms. The highest BCUT2D eigenvalue weighted by atomic mass is 32.1. The van der Waals surface area contributed by atoms with E-state index in [4.69, 9.17) is 0 Å². The van der Waals surface area contributed by atoms with E-state index in [2.05, 4.69) is 182 Å². The first-order chi connectivity index (χ1) is 26.8. The summed E-state index contributed by atoms with van der Waals surface area (Å²) in [4.78, 5) is 0. The van der Waals surface area contributed by atoms with Gasteiger partial charge in [0.15, 0.2) is 0 Å². The van der Waals surface area contributed by atoms with E-state index < -0.39 is 0 Å². The van der Waals surface area contributed by atoms with Gasteiger partial charge >= 0.3 is 0 Å². The Kier molecular flexibility index (Phi) is 6.48. The van der Waals surface area contributed by atoms with E-state index in [9.17, 15) is 0 Å². The fourth-order valence-electron chi connectivity index (χ4n) is 9.19. The maximum absolute atomic E-state index is 2.47. The largest absolute Gasteiger partial charge is 0.134 e. The van der Waals surface area contributed by atoms with Gasteiger partial charge in [0.2, 0.25) is 0 Å². The highest BCUT2D eigenvalue weighted by molar-refractivity contribution is 7.33. The van der Waals surface area contributed by atoms with E-state index in [-0.39, 0.29) is 0 Å². The Labute approximate surface area is 319 Å². The van der Waals surface area contributed by atoms with Crippen LogP contribution in [-0.4, -0.2) is 0 Å². The smallest absolute Gasteiger partial charge is 0.0534 e. The summed E-state index contributed by atoms with van der Waals surface area (Å²) in [5.41, 5.74) is 7.65. The van der Waals surface area contributed by atoms with Crippen LogP contribution < -0.4 is 0 Å². The van der Waals surface area contributed by atoms with Gasteiger partial charge in [-0.2, -0.15) is 0 Å². The first kappa shape index (κ1) is 30.2. The third-order valence-electron chi connectivity index (χ3n) is 11.5. The Morgan fingerprint density at radius 2 is 0.722 bits per heavy atom. The average Bonchev–Trinajstić information content (AvgIpc) is 3.81. The number of benzene rings is 10. The second-order valence-corrected chi connectivity index (χ2v) is 16.4. The molecule has 0 saturated carbocycles. The Balaban J connectivity index is 1.14. The van der Waals surface area contributed by atoms with Crippen LogP contribution in [0.5, 0.6) is 0 Å². The SMILES string of the molecule is c1ccc(-c2c3ccccc3c(-c3ccc(-c4cc5sc6c(ccc7c8ccccc8sc76)c5c5ccccc45)c4ccccc34)c3ccccc23)cc1. The Hall–Kier alpha value is -6.32. The lowest BCUT2D eigenvalue weighted by atomic mass is 9.83. The average molecular weight is 719 g/mol. The van der Waals surface area contributed by atoms with Gasteiger partial charge in [-0.3, -0.25) is 0 Å². The zero-order valence-electron chi connectivity index (χ0n) is 29.1. The third-order valence-corrected chi connectivity index (χ3v) is 14.0. The summed E-state index contributed by atoms with van der Waals surface area (Å²) < 4.78 is 5.48. The van der Waals surface area contributed by atoms with E-state index in [1.54, 1.807) is 0 Å². The predicted octanol–water partition coefficient (Wildman–Crippen LogP) is 16.0. The highest BCUT2D eigenvalue weighted by Crippen LogP contribution is 2.50. The number of thiophene rings is 2. The van der Waals surface area contributed by atoms with Gasteiger partial charge in [-0.25, -0.2) is 0 Å². The molecule has 0 nitrogen and oxygen atoms in total. The zero-order valence-corrected chi connectivity index (χ0v) is 30.8. The van der Waals surface area contributed by atoms with Crippen molar-refractivity contribution in [1.82, 2.24) is 0 Å². The molecule has 10 aromatic carbocycles. The second kappa shape index (κ2) is 11.6. The van der Waals surface area contributed by atoms with E-state index in [0.717, 1.165) is 0 Å². The first-order valence-corrected chi connectivity index (χ1v) is 20.1. The highest BCUT2D eigenvalue weighted by Gasteiger charge is 2.21. The maximum atomic E-state index is 2.47. The zero-order chi connectivity index (χ0) is 35.3. The van der Waals surface area contributed by atoms with Gasteiger partial charge in [-0.1, -0.05) is 170 Å². The standard InChI is InChI=1S/C52H30S2/c1-2-14-31(15-3-1)48-38-21-8-10-23-40(38)49(41-24-11-9-22-39(41)48)42-27-26-35(32-16-4-5-17-33(32)42)45-30-47-50(37-20-7-6-18-34(37)45)44-29-28-43-36-19-12-13-25-46(36)53-51(43)52(44)54-47/h1-30H. The van der Waals surface area contributed by atoms with Gasteiger partial charge in [-0.05, 0) is 88.6 Å². The Morgan fingerprint density at radius 1 is 0.259 bits per heavy atom. The Morgan fingerprint density at radius 3 is 1.41 bits per heavy atom. The van der Waals surface area contributed by atoms with Gasteiger partial charge in [0.1, 0.15) is 0 Å². The molecule has 54 heavy (non-hydrogen) atoms. The van der Waals surface area contributed by atoms with Crippen molar-refractivity contribution < 1.29 is 0 Å². The quantitative estimate of drug-likeness (QED) is 0.160. The van der Waals surface area contributed by atoms with Gasteiger partial charge in [0.25, 0.3) is 0 Å². The van der Waals surface area contributed by atoms with Gasteiger partial charge in [-0.15, -0.1) is 22.7 Å². The molecule has 0 aliphatic carbocycles. The molecule has 2 heterocycles. The normalized spacial score (nSPS) is 12.1. The number of hydrogen-bond donors (Lipinski definition) is 0. The van der Waals surface area contributed by atoms with Crippen LogP contribution in [0.15, 0.2) is 182 Å². The maximum Gasteiger partial charge on any atom is 0.0534 e. The third kappa shape index (κ3) is 4.24. The first-order valence-electron chi connectivity index (χ1n) is 18.5. The van der Waals surface area contributed by atoms with Crippen LogP contribution in [0.1, 0.15) is 0 Å². The topological polar surface area (TPSA) is 0 Å². The minimum atomic E-state index is 1.24. The number of hydrogen-bond acceptors (Lipinski definition) is 2. The van der Waals surface area contributed by atoms with Crippen LogP contribution in [0.3, 0.4) is 0 Å². The van der Waals surface area contributed by atoms with Gasteiger partial charge in [0, 0.05) is 30.9 Å². The van der Waals surface area contributed by atoms with E-state index >= 15 is 0 Å². The summed E-state index contributed by atoms with van der Waals surface area (Å²) in [7, 11) is 0. The minimum Gasteiger partial charge on any atom is -0.134 e. The van der Waals surface area contributed by atoms with Crippen LogP contribution in [0.25, 0.3) is 117 Å². The lowest BCUT2D eigenvalue weighted by molar-refractivity contribution is 1.66. The van der Waals surface area contributed by atoms with Gasteiger partial charge < -0.3 is 0 Å². The summed E-state index contributed by atoms with van der Waals surface area (Å²) in [5, 5.41) is 15.7. The van der Waals surface area contributed by atoms with Crippen LogP contribution >= 0.6 is 22.7 Å². The van der Waals surface area contributed by atoms with E-state index in [1.807, 2.05) is 22.7 Å². The van der Waals surface area contributed by atoms with Crippen molar-refractivity contribution in [3.05, 3.63) is 182 Å². The molecule has 0 aliphatic heterocycles. The van der Waals surface area contributed by atoms with Crippen molar-refractivity contribution >= 4 is 106 Å². The van der Waals surface area contributed by atoms with E-state index in [1.165, 1.54) is 117 Å². The lowest BCUT2D eigenvalue weighted by Crippen LogP contribution is -1.92. The van der Waals surface area contributed by atoms with Crippen molar-refractivity contribution in [3.63, 3.8) is 0 Å². The molecule has 250 valence electrons. The van der Waals surface area contributed by atoms with Crippen molar-refractivity contribution in [2.24, 2.45) is 0 Å². The fraction of sp³-hybridized carbons (Fsp3) is 0. The van der Waals surface area contributed by atoms with Crippen LogP contribution in [0, 0.1) is 0 Å². The molecule has 0 radical (unpaired) electrons. The summed E-state index contributed by atoms with van der Waals surface area (Å²) in [6, 6.07) is 67.6. The molecule has 2 aromatic heterocycles. The summed E-state index contributed by atoms with van der Waals surface area (Å²) >= 11 is 3.87. The number of rotatable bonds is 3. The summed E-state index contributed by atoms with van der Waals surface area (Å²) in [6.07, 6.45) is 0. The number of fused-ring (bicyclic) bond motifs is 12. The molecule has 0 bridgehead atoms. The molecule has 0 saturated heterocycles. The van der Waals surface area contributed by atoms with Crippen LogP contribution in [0.2, 0.25) is 0 Å².